The van der Waals surface area contributed by atoms with E-state index < -0.39 is 6.43 Å². The number of fused-ring (bicyclic) bond motifs is 4. The Morgan fingerprint density at radius 2 is 2.09 bits per heavy atom. The predicted octanol–water partition coefficient (Wildman–Crippen LogP) is 4.24. The summed E-state index contributed by atoms with van der Waals surface area (Å²) in [4.78, 5) is 23.8. The lowest BCUT2D eigenvalue weighted by molar-refractivity contribution is 0.0946. The van der Waals surface area contributed by atoms with Crippen LogP contribution in [0.25, 0.3) is 6.08 Å². The zero-order chi connectivity index (χ0) is 22.7. The molecule has 0 spiro atoms. The molecule has 33 heavy (non-hydrogen) atoms. The summed E-state index contributed by atoms with van der Waals surface area (Å²) >= 11 is 0. The number of aliphatic imine (C=N–C) groups is 1. The van der Waals surface area contributed by atoms with Gasteiger partial charge < -0.3 is 4.90 Å². The second-order valence-corrected chi connectivity index (χ2v) is 8.77. The van der Waals surface area contributed by atoms with Gasteiger partial charge in [-0.05, 0) is 48.7 Å². The third-order valence-corrected chi connectivity index (χ3v) is 6.90. The first kappa shape index (κ1) is 20.0. The summed E-state index contributed by atoms with van der Waals surface area (Å²) in [6.45, 7) is 0.837. The summed E-state index contributed by atoms with van der Waals surface area (Å²) in [5, 5.41) is 4.27. The molecule has 0 radical (unpaired) electrons. The van der Waals surface area contributed by atoms with Crippen LogP contribution in [0.2, 0.25) is 0 Å². The topological polar surface area (TPSA) is 68.3 Å². The predicted molar refractivity (Wildman–Crippen MR) is 121 cm³/mol. The highest BCUT2D eigenvalue weighted by molar-refractivity contribution is 5.98. The fraction of sp³-hybridized carbons (Fsp3) is 0.333. The van der Waals surface area contributed by atoms with E-state index >= 15 is 0 Å². The molecule has 2 atom stereocenters. The molecule has 1 aromatic carbocycles. The number of benzene rings is 1. The van der Waals surface area contributed by atoms with Crippen LogP contribution >= 0.6 is 0 Å². The number of hydrogen-bond acceptors (Lipinski definition) is 5. The fourth-order valence-electron chi connectivity index (χ4n) is 5.29. The molecule has 3 aliphatic heterocycles. The second kappa shape index (κ2) is 7.47. The van der Waals surface area contributed by atoms with E-state index in [0.717, 1.165) is 35.6 Å². The van der Waals surface area contributed by atoms with Gasteiger partial charge in [0.05, 0.1) is 11.8 Å². The largest absolute Gasteiger partial charge is 0.370 e. The van der Waals surface area contributed by atoms with E-state index in [2.05, 4.69) is 26.1 Å². The van der Waals surface area contributed by atoms with Crippen LogP contribution in [0.5, 0.6) is 0 Å². The van der Waals surface area contributed by atoms with Crippen molar-refractivity contribution in [2.45, 2.75) is 37.6 Å². The van der Waals surface area contributed by atoms with Crippen molar-refractivity contribution >= 4 is 29.3 Å². The molecule has 168 valence electrons. The molecule has 3 aliphatic rings. The van der Waals surface area contributed by atoms with Gasteiger partial charge >= 0.3 is 0 Å². The van der Waals surface area contributed by atoms with Crippen LogP contribution in [0.1, 0.15) is 52.1 Å². The summed E-state index contributed by atoms with van der Waals surface area (Å²) in [5.41, 5.74) is 4.29. The van der Waals surface area contributed by atoms with Crippen molar-refractivity contribution in [3.05, 3.63) is 65.2 Å². The van der Waals surface area contributed by atoms with Crippen LogP contribution < -0.4 is 4.90 Å². The number of carbonyl (C=O) groups is 1. The Bertz CT molecular complexity index is 1320. The minimum Gasteiger partial charge on any atom is -0.370 e. The summed E-state index contributed by atoms with van der Waals surface area (Å²) in [6, 6.07) is 9.31. The Morgan fingerprint density at radius 3 is 2.94 bits per heavy atom. The molecule has 0 saturated carbocycles. The average Bonchev–Trinajstić information content (AvgIpc) is 3.41. The minimum atomic E-state index is -2.65. The Kier molecular flexibility index (Phi) is 4.53. The maximum Gasteiger partial charge on any atom is 0.276 e. The van der Waals surface area contributed by atoms with Gasteiger partial charge in [-0.25, -0.2) is 18.5 Å². The van der Waals surface area contributed by atoms with Crippen molar-refractivity contribution in [1.82, 2.24) is 19.3 Å². The molecule has 3 aromatic rings. The van der Waals surface area contributed by atoms with E-state index in [1.165, 1.54) is 6.33 Å². The van der Waals surface area contributed by atoms with Crippen LogP contribution in [-0.2, 0) is 6.42 Å². The molecular formula is C24H22F2N6O. The van der Waals surface area contributed by atoms with Gasteiger partial charge in [-0.2, -0.15) is 10.1 Å². The molecule has 5 heterocycles. The lowest BCUT2D eigenvalue weighted by atomic mass is 9.86. The second-order valence-electron chi connectivity index (χ2n) is 8.77. The zero-order valence-corrected chi connectivity index (χ0v) is 18.0. The van der Waals surface area contributed by atoms with Crippen molar-refractivity contribution in [2.24, 2.45) is 4.99 Å². The number of aryl methyl sites for hydroxylation is 1. The summed E-state index contributed by atoms with van der Waals surface area (Å²) in [5.74, 6) is -0.0521. The van der Waals surface area contributed by atoms with Gasteiger partial charge in [0.15, 0.2) is 0 Å². The van der Waals surface area contributed by atoms with Crippen LogP contribution in [0.15, 0.2) is 47.7 Å². The van der Waals surface area contributed by atoms with E-state index in [4.69, 9.17) is 0 Å². The maximum absolute atomic E-state index is 13.7. The van der Waals surface area contributed by atoms with Crippen molar-refractivity contribution in [2.75, 3.05) is 18.5 Å². The highest BCUT2D eigenvalue weighted by Crippen LogP contribution is 2.43. The molecule has 2 bridgehead atoms. The molecule has 0 N–H and O–H groups in total. The van der Waals surface area contributed by atoms with Crippen LogP contribution in [0.3, 0.4) is 0 Å². The van der Waals surface area contributed by atoms with Gasteiger partial charge in [-0.15, -0.1) is 0 Å². The van der Waals surface area contributed by atoms with Gasteiger partial charge in [0.1, 0.15) is 6.33 Å². The summed E-state index contributed by atoms with van der Waals surface area (Å²) in [7, 11) is 2.02. The monoisotopic (exact) mass is 448 g/mol. The number of hydrogen-bond donors (Lipinski definition) is 0. The standard InChI is InChI=1S/C24H22F2N6O/c1-30-10-2-3-14-11-15(4-8-19(14)30)23(33)31-16-5-7-17(20(31)9-6-16)21-12-18(22(25)26)29-24-27-13-28-32(21)24/h2-4,6,8-9,11,13,17,21-22H,5,7,10,12H2,1H3/t17-,21?/m0/s1. The minimum absolute atomic E-state index is 0.0867. The van der Waals surface area contributed by atoms with Crippen molar-refractivity contribution in [3.8, 4) is 0 Å². The Morgan fingerprint density at radius 1 is 1.21 bits per heavy atom. The fourth-order valence-corrected chi connectivity index (χ4v) is 5.29. The van der Waals surface area contributed by atoms with Gasteiger partial charge in [-0.3, -0.25) is 9.36 Å². The Labute approximate surface area is 189 Å². The van der Waals surface area contributed by atoms with Gasteiger partial charge in [0, 0.05) is 48.6 Å². The Balaban J connectivity index is 1.38. The first-order chi connectivity index (χ1) is 16.0. The molecule has 7 nitrogen and oxygen atoms in total. The van der Waals surface area contributed by atoms with Gasteiger partial charge in [0.25, 0.3) is 12.3 Å². The lowest BCUT2D eigenvalue weighted by Crippen LogP contribution is -2.32. The third-order valence-electron chi connectivity index (χ3n) is 6.90. The van der Waals surface area contributed by atoms with Crippen molar-refractivity contribution in [3.63, 3.8) is 0 Å². The molecule has 0 amide bonds. The average molecular weight is 448 g/mol. The van der Waals surface area contributed by atoms with Crippen molar-refractivity contribution < 1.29 is 13.6 Å². The molecule has 0 saturated heterocycles. The zero-order valence-electron chi connectivity index (χ0n) is 18.0. The highest BCUT2D eigenvalue weighted by Gasteiger charge is 2.38. The van der Waals surface area contributed by atoms with Crippen LogP contribution in [0.4, 0.5) is 20.4 Å². The van der Waals surface area contributed by atoms with Gasteiger partial charge in [0.2, 0.25) is 5.95 Å². The van der Waals surface area contributed by atoms with Crippen LogP contribution in [-0.4, -0.2) is 51.0 Å². The quantitative estimate of drug-likeness (QED) is 0.601. The molecule has 6 rings (SSSR count). The highest BCUT2D eigenvalue weighted by atomic mass is 19.3. The van der Waals surface area contributed by atoms with E-state index in [-0.39, 0.29) is 35.9 Å². The number of likely N-dealkylation sites (N-methyl/N-ethyl adjacent to an activating group) is 1. The number of aromatic nitrogens is 4. The number of anilines is 1. The normalized spacial score (nSPS) is 21.1. The molecule has 0 aliphatic carbocycles. The smallest absolute Gasteiger partial charge is 0.276 e. The van der Waals surface area contributed by atoms with E-state index in [9.17, 15) is 13.6 Å². The van der Waals surface area contributed by atoms with E-state index in [1.54, 1.807) is 9.25 Å². The molecule has 1 unspecified atom stereocenters. The first-order valence-electron chi connectivity index (χ1n) is 11.0. The SMILES string of the molecule is CN1CC=Cc2cc(C(=O)n3c4ccc3[C@@H](C3CC(C(F)F)=Nc5ncnn53)CC4)ccc21. The summed E-state index contributed by atoms with van der Waals surface area (Å²) < 4.78 is 30.5. The summed E-state index contributed by atoms with van der Waals surface area (Å²) in [6.07, 6.45) is 4.33. The maximum atomic E-state index is 13.7. The number of rotatable bonds is 3. The molecule has 0 fully saturated rings. The number of carbonyl (C=O) groups excluding carboxylic acids is 1. The van der Waals surface area contributed by atoms with E-state index in [0.29, 0.717) is 12.0 Å². The van der Waals surface area contributed by atoms with Gasteiger partial charge in [-0.1, -0.05) is 12.2 Å². The molecular weight excluding hydrogens is 426 g/mol. The third kappa shape index (κ3) is 3.13. The number of nitrogens with zero attached hydrogens (tertiary/aromatic N) is 6. The molecule has 2 aromatic heterocycles. The molecule has 9 heteroatoms. The first-order valence-corrected chi connectivity index (χ1v) is 11.0. The number of halogens is 2. The lowest BCUT2D eigenvalue weighted by Gasteiger charge is -2.33. The van der Waals surface area contributed by atoms with E-state index in [1.807, 2.05) is 43.5 Å². The Hall–Kier alpha value is -3.62. The van der Waals surface area contributed by atoms with Crippen molar-refractivity contribution in [1.29, 1.82) is 0 Å². The van der Waals surface area contributed by atoms with Crippen LogP contribution in [0, 0.1) is 0 Å². The number of alkyl halides is 2.